The molecule has 2 N–H and O–H groups in total. The maximum atomic E-state index is 13.2. The topological polar surface area (TPSA) is 29.3 Å². The molecule has 0 radical (unpaired) electrons. The van der Waals surface area contributed by atoms with E-state index in [2.05, 4.69) is 32.6 Å². The molecule has 17 heavy (non-hydrogen) atoms. The number of likely N-dealkylation sites (N-methyl/N-ethyl adjacent to an activating group) is 1. The predicted octanol–water partition coefficient (Wildman–Crippen LogP) is 2.95. The van der Waals surface area contributed by atoms with E-state index in [9.17, 15) is 4.39 Å². The molecule has 2 nitrogen and oxygen atoms in total. The maximum absolute atomic E-state index is 13.2. The minimum absolute atomic E-state index is 0.183. The van der Waals surface area contributed by atoms with Crippen molar-refractivity contribution in [3.8, 4) is 0 Å². The van der Waals surface area contributed by atoms with Crippen LogP contribution < -0.4 is 5.73 Å². The molecule has 0 spiro atoms. The summed E-state index contributed by atoms with van der Waals surface area (Å²) in [4.78, 5) is 2.29. The summed E-state index contributed by atoms with van der Waals surface area (Å²) < 4.78 is 13.2. The number of hydrogen-bond donors (Lipinski definition) is 1. The second-order valence-corrected chi connectivity index (χ2v) is 4.86. The van der Waals surface area contributed by atoms with Crippen molar-refractivity contribution in [1.29, 1.82) is 0 Å². The Kier molecular flexibility index (Phi) is 4.66. The summed E-state index contributed by atoms with van der Waals surface area (Å²) in [6, 6.07) is 6.37. The quantitative estimate of drug-likeness (QED) is 0.854. The molecule has 1 aromatic rings. The zero-order valence-corrected chi connectivity index (χ0v) is 11.2. The molecule has 1 atom stereocenters. The van der Waals surface area contributed by atoms with Crippen LogP contribution in [0.3, 0.4) is 0 Å². The minimum atomic E-state index is -0.228. The van der Waals surface area contributed by atoms with E-state index in [-0.39, 0.29) is 17.4 Å². The fourth-order valence-electron chi connectivity index (χ4n) is 2.34. The highest BCUT2D eigenvalue weighted by molar-refractivity contribution is 5.23. The minimum Gasteiger partial charge on any atom is -0.322 e. The lowest BCUT2D eigenvalue weighted by Gasteiger charge is -2.42. The van der Waals surface area contributed by atoms with Crippen LogP contribution in [0, 0.1) is 5.82 Å². The predicted molar refractivity (Wildman–Crippen MR) is 70.3 cm³/mol. The molecule has 1 aromatic carbocycles. The summed E-state index contributed by atoms with van der Waals surface area (Å²) in [6.45, 7) is 10.3. The molecular formula is C14H23FN2. The lowest BCUT2D eigenvalue weighted by atomic mass is 9.87. The van der Waals surface area contributed by atoms with Crippen molar-refractivity contribution in [2.75, 3.05) is 13.1 Å². The summed E-state index contributed by atoms with van der Waals surface area (Å²) in [5.41, 5.74) is 6.95. The van der Waals surface area contributed by atoms with Gasteiger partial charge in [0.1, 0.15) is 5.82 Å². The second-order valence-electron chi connectivity index (χ2n) is 4.86. The van der Waals surface area contributed by atoms with E-state index >= 15 is 0 Å². The zero-order valence-electron chi connectivity index (χ0n) is 11.2. The number of nitrogens with zero attached hydrogens (tertiary/aromatic N) is 1. The Bertz CT molecular complexity index is 359. The first-order valence-electron chi connectivity index (χ1n) is 6.19. The van der Waals surface area contributed by atoms with Gasteiger partial charge in [-0.25, -0.2) is 4.39 Å². The number of rotatable bonds is 5. The highest BCUT2D eigenvalue weighted by Gasteiger charge is 2.32. The van der Waals surface area contributed by atoms with E-state index in [1.54, 1.807) is 6.07 Å². The van der Waals surface area contributed by atoms with Crippen molar-refractivity contribution >= 4 is 0 Å². The van der Waals surface area contributed by atoms with Crippen molar-refractivity contribution in [3.63, 3.8) is 0 Å². The van der Waals surface area contributed by atoms with Crippen LogP contribution in [0.25, 0.3) is 0 Å². The molecule has 96 valence electrons. The standard InChI is InChI=1S/C14H23FN2/c1-5-17(6-2)14(3,4)13(16)11-8-7-9-12(15)10-11/h7-10,13H,5-6,16H2,1-4H3. The van der Waals surface area contributed by atoms with Crippen LogP contribution in [-0.2, 0) is 0 Å². The van der Waals surface area contributed by atoms with E-state index in [4.69, 9.17) is 5.73 Å². The molecule has 0 aromatic heterocycles. The van der Waals surface area contributed by atoms with Crippen LogP contribution in [0.1, 0.15) is 39.3 Å². The molecular weight excluding hydrogens is 215 g/mol. The largest absolute Gasteiger partial charge is 0.322 e. The van der Waals surface area contributed by atoms with E-state index in [0.29, 0.717) is 0 Å². The molecule has 1 rings (SSSR count). The molecule has 0 aliphatic heterocycles. The third kappa shape index (κ3) is 3.05. The first-order valence-corrected chi connectivity index (χ1v) is 6.19. The van der Waals surface area contributed by atoms with Gasteiger partial charge in [0.2, 0.25) is 0 Å². The molecule has 0 fully saturated rings. The third-order valence-corrected chi connectivity index (χ3v) is 3.55. The number of benzene rings is 1. The summed E-state index contributed by atoms with van der Waals surface area (Å²) in [6.07, 6.45) is 0. The molecule has 0 bridgehead atoms. The monoisotopic (exact) mass is 238 g/mol. The fraction of sp³-hybridized carbons (Fsp3) is 0.571. The van der Waals surface area contributed by atoms with Crippen molar-refractivity contribution < 1.29 is 4.39 Å². The van der Waals surface area contributed by atoms with Crippen LogP contribution in [-0.4, -0.2) is 23.5 Å². The summed E-state index contributed by atoms with van der Waals surface area (Å²) in [5.74, 6) is -0.228. The SMILES string of the molecule is CCN(CC)C(C)(C)C(N)c1cccc(F)c1. The van der Waals surface area contributed by atoms with Crippen LogP contribution in [0.2, 0.25) is 0 Å². The van der Waals surface area contributed by atoms with E-state index in [0.717, 1.165) is 18.7 Å². The Morgan fingerprint density at radius 1 is 1.29 bits per heavy atom. The molecule has 0 saturated carbocycles. The first-order chi connectivity index (χ1) is 7.93. The number of hydrogen-bond acceptors (Lipinski definition) is 2. The van der Waals surface area contributed by atoms with Gasteiger partial charge in [0, 0.05) is 11.6 Å². The van der Waals surface area contributed by atoms with Crippen LogP contribution in [0.5, 0.6) is 0 Å². The van der Waals surface area contributed by atoms with Gasteiger partial charge in [-0.2, -0.15) is 0 Å². The highest BCUT2D eigenvalue weighted by Crippen LogP contribution is 2.29. The first kappa shape index (κ1) is 14.1. The molecule has 0 aliphatic rings. The third-order valence-electron chi connectivity index (χ3n) is 3.55. The lowest BCUT2D eigenvalue weighted by molar-refractivity contribution is 0.107. The van der Waals surface area contributed by atoms with Gasteiger partial charge in [-0.1, -0.05) is 26.0 Å². The van der Waals surface area contributed by atoms with Crippen LogP contribution in [0.15, 0.2) is 24.3 Å². The van der Waals surface area contributed by atoms with Gasteiger partial charge in [0.05, 0.1) is 0 Å². The fourth-order valence-corrected chi connectivity index (χ4v) is 2.34. The van der Waals surface area contributed by atoms with Gasteiger partial charge >= 0.3 is 0 Å². The van der Waals surface area contributed by atoms with Crippen LogP contribution >= 0.6 is 0 Å². The lowest BCUT2D eigenvalue weighted by Crippen LogP contribution is -2.51. The summed E-state index contributed by atoms with van der Waals surface area (Å²) in [7, 11) is 0. The van der Waals surface area contributed by atoms with E-state index < -0.39 is 0 Å². The van der Waals surface area contributed by atoms with Gasteiger partial charge in [-0.3, -0.25) is 4.90 Å². The Hall–Kier alpha value is -0.930. The van der Waals surface area contributed by atoms with E-state index in [1.807, 2.05) is 6.07 Å². The zero-order chi connectivity index (χ0) is 13.1. The molecule has 3 heteroatoms. The van der Waals surface area contributed by atoms with Gasteiger partial charge in [-0.15, -0.1) is 0 Å². The summed E-state index contributed by atoms with van der Waals surface area (Å²) >= 11 is 0. The maximum Gasteiger partial charge on any atom is 0.123 e. The van der Waals surface area contributed by atoms with Gasteiger partial charge in [0.25, 0.3) is 0 Å². The smallest absolute Gasteiger partial charge is 0.123 e. The van der Waals surface area contributed by atoms with Crippen molar-refractivity contribution in [3.05, 3.63) is 35.6 Å². The Morgan fingerprint density at radius 3 is 2.35 bits per heavy atom. The van der Waals surface area contributed by atoms with Crippen molar-refractivity contribution in [2.45, 2.75) is 39.3 Å². The van der Waals surface area contributed by atoms with E-state index in [1.165, 1.54) is 12.1 Å². The average molecular weight is 238 g/mol. The van der Waals surface area contributed by atoms with Crippen LogP contribution in [0.4, 0.5) is 4.39 Å². The normalized spacial score (nSPS) is 14.1. The molecule has 1 unspecified atom stereocenters. The van der Waals surface area contributed by atoms with Gasteiger partial charge in [0.15, 0.2) is 0 Å². The van der Waals surface area contributed by atoms with Gasteiger partial charge < -0.3 is 5.73 Å². The van der Waals surface area contributed by atoms with Crippen molar-refractivity contribution in [1.82, 2.24) is 4.90 Å². The Morgan fingerprint density at radius 2 is 1.88 bits per heavy atom. The number of halogens is 1. The molecule has 0 saturated heterocycles. The number of nitrogens with two attached hydrogens (primary N) is 1. The molecule has 0 aliphatic carbocycles. The van der Waals surface area contributed by atoms with Crippen molar-refractivity contribution in [2.24, 2.45) is 5.73 Å². The van der Waals surface area contributed by atoms with Gasteiger partial charge in [-0.05, 0) is 44.6 Å². The second kappa shape index (κ2) is 5.61. The Balaban J connectivity index is 2.98. The molecule has 0 amide bonds. The molecule has 0 heterocycles. The summed E-state index contributed by atoms with van der Waals surface area (Å²) in [5, 5.41) is 0. The highest BCUT2D eigenvalue weighted by atomic mass is 19.1. The average Bonchev–Trinajstić information content (AvgIpc) is 2.29. The Labute approximate surface area is 104 Å².